The van der Waals surface area contributed by atoms with Gasteiger partial charge in [-0.1, -0.05) is 6.92 Å². The molecule has 1 aromatic rings. The molecule has 0 radical (unpaired) electrons. The van der Waals surface area contributed by atoms with Crippen LogP contribution >= 0.6 is 0 Å². The average Bonchev–Trinajstić information content (AvgIpc) is 2.78. The first-order chi connectivity index (χ1) is 8.26. The number of aromatic nitrogens is 3. The third-order valence-corrected chi connectivity index (χ3v) is 3.48. The monoisotopic (exact) mass is 238 g/mol. The molecule has 1 N–H and O–H groups in total. The SMILES string of the molecule is CCC1NCCn2c(CCC(C)OC)nnc21. The Morgan fingerprint density at radius 2 is 2.35 bits per heavy atom. The Balaban J connectivity index is 2.07. The van der Waals surface area contributed by atoms with Gasteiger partial charge in [-0.05, 0) is 19.8 Å². The molecule has 96 valence electrons. The van der Waals surface area contributed by atoms with Gasteiger partial charge >= 0.3 is 0 Å². The zero-order chi connectivity index (χ0) is 12.3. The quantitative estimate of drug-likeness (QED) is 0.840. The summed E-state index contributed by atoms with van der Waals surface area (Å²) in [6.07, 6.45) is 3.29. The summed E-state index contributed by atoms with van der Waals surface area (Å²) < 4.78 is 7.54. The van der Waals surface area contributed by atoms with Gasteiger partial charge in [0.05, 0.1) is 12.1 Å². The number of hydrogen-bond acceptors (Lipinski definition) is 4. The van der Waals surface area contributed by atoms with Crippen molar-refractivity contribution in [1.82, 2.24) is 20.1 Å². The van der Waals surface area contributed by atoms with Crippen molar-refractivity contribution in [3.8, 4) is 0 Å². The Hall–Kier alpha value is -0.940. The van der Waals surface area contributed by atoms with Crippen LogP contribution in [0.1, 0.15) is 44.4 Å². The second kappa shape index (κ2) is 5.60. The molecule has 0 aromatic carbocycles. The lowest BCUT2D eigenvalue weighted by atomic mass is 10.1. The molecule has 2 heterocycles. The Morgan fingerprint density at radius 1 is 1.53 bits per heavy atom. The molecule has 1 aliphatic heterocycles. The van der Waals surface area contributed by atoms with Crippen LogP contribution < -0.4 is 5.32 Å². The van der Waals surface area contributed by atoms with Crippen LogP contribution in [-0.2, 0) is 17.7 Å². The van der Waals surface area contributed by atoms with Crippen LogP contribution in [0, 0.1) is 0 Å². The molecule has 2 unspecified atom stereocenters. The van der Waals surface area contributed by atoms with Crippen LogP contribution in [0.5, 0.6) is 0 Å². The largest absolute Gasteiger partial charge is 0.382 e. The molecule has 2 rings (SSSR count). The van der Waals surface area contributed by atoms with Crippen LogP contribution in [0.15, 0.2) is 0 Å². The standard InChI is InChI=1S/C12H22N4O/c1-4-10-12-15-14-11(6-5-9(2)17-3)16(12)8-7-13-10/h9-10,13H,4-8H2,1-3H3. The molecule has 5 heteroatoms. The van der Waals surface area contributed by atoms with Gasteiger partial charge in [0.15, 0.2) is 0 Å². The Labute approximate surface area is 103 Å². The Bertz CT molecular complexity index is 363. The smallest absolute Gasteiger partial charge is 0.150 e. The minimum absolute atomic E-state index is 0.284. The fourth-order valence-electron chi connectivity index (χ4n) is 2.25. The molecular weight excluding hydrogens is 216 g/mol. The van der Waals surface area contributed by atoms with Crippen molar-refractivity contribution in [2.24, 2.45) is 0 Å². The second-order valence-corrected chi connectivity index (χ2v) is 4.63. The van der Waals surface area contributed by atoms with Gasteiger partial charge < -0.3 is 14.6 Å². The van der Waals surface area contributed by atoms with Crippen LogP contribution in [0.25, 0.3) is 0 Å². The van der Waals surface area contributed by atoms with Gasteiger partial charge in [-0.3, -0.25) is 0 Å². The highest BCUT2D eigenvalue weighted by molar-refractivity contribution is 5.04. The predicted molar refractivity (Wildman–Crippen MR) is 65.8 cm³/mol. The third-order valence-electron chi connectivity index (χ3n) is 3.48. The van der Waals surface area contributed by atoms with Gasteiger partial charge in [0, 0.05) is 26.6 Å². The number of nitrogens with zero attached hydrogens (tertiary/aromatic N) is 3. The first kappa shape index (κ1) is 12.5. The number of rotatable bonds is 5. The zero-order valence-corrected chi connectivity index (χ0v) is 10.9. The fourth-order valence-corrected chi connectivity index (χ4v) is 2.25. The van der Waals surface area contributed by atoms with Gasteiger partial charge in [0.1, 0.15) is 11.6 Å². The van der Waals surface area contributed by atoms with Gasteiger partial charge in [-0.15, -0.1) is 10.2 Å². The first-order valence-corrected chi connectivity index (χ1v) is 6.44. The van der Waals surface area contributed by atoms with Gasteiger partial charge in [-0.2, -0.15) is 0 Å². The summed E-state index contributed by atoms with van der Waals surface area (Å²) in [6.45, 7) is 6.25. The van der Waals surface area contributed by atoms with E-state index >= 15 is 0 Å². The van der Waals surface area contributed by atoms with E-state index in [1.165, 1.54) is 0 Å². The van der Waals surface area contributed by atoms with Crippen LogP contribution in [-0.4, -0.2) is 34.5 Å². The minimum atomic E-state index is 0.284. The molecular formula is C12H22N4O. The van der Waals surface area contributed by atoms with Crippen molar-refractivity contribution < 1.29 is 4.74 Å². The predicted octanol–water partition coefficient (Wildman–Crippen LogP) is 1.30. The molecule has 0 saturated carbocycles. The van der Waals surface area contributed by atoms with Crippen molar-refractivity contribution in [3.05, 3.63) is 11.6 Å². The third kappa shape index (κ3) is 2.66. The molecule has 1 aliphatic rings. The molecule has 0 bridgehead atoms. The molecule has 0 aliphatic carbocycles. The normalized spacial score (nSPS) is 21.2. The molecule has 0 fully saturated rings. The maximum absolute atomic E-state index is 5.27. The highest BCUT2D eigenvalue weighted by atomic mass is 16.5. The number of aryl methyl sites for hydroxylation is 1. The Morgan fingerprint density at radius 3 is 3.06 bits per heavy atom. The first-order valence-electron chi connectivity index (χ1n) is 6.44. The maximum atomic E-state index is 5.27. The molecule has 1 aromatic heterocycles. The Kier molecular flexibility index (Phi) is 4.12. The van der Waals surface area contributed by atoms with E-state index in [0.717, 1.165) is 44.0 Å². The van der Waals surface area contributed by atoms with Crippen molar-refractivity contribution in [2.45, 2.75) is 51.8 Å². The highest BCUT2D eigenvalue weighted by Gasteiger charge is 2.23. The second-order valence-electron chi connectivity index (χ2n) is 4.63. The summed E-state index contributed by atoms with van der Waals surface area (Å²) in [6, 6.07) is 0.366. The van der Waals surface area contributed by atoms with Crippen LogP contribution in [0.4, 0.5) is 0 Å². The lowest BCUT2D eigenvalue weighted by molar-refractivity contribution is 0.110. The molecule has 17 heavy (non-hydrogen) atoms. The van der Waals surface area contributed by atoms with E-state index in [9.17, 15) is 0 Å². The summed E-state index contributed by atoms with van der Waals surface area (Å²) in [5.74, 6) is 2.20. The van der Waals surface area contributed by atoms with E-state index in [1.807, 2.05) is 0 Å². The molecule has 0 saturated heterocycles. The number of fused-ring (bicyclic) bond motifs is 1. The fraction of sp³-hybridized carbons (Fsp3) is 0.833. The van der Waals surface area contributed by atoms with Crippen LogP contribution in [0.3, 0.4) is 0 Å². The average molecular weight is 238 g/mol. The van der Waals surface area contributed by atoms with E-state index in [0.29, 0.717) is 6.04 Å². The summed E-state index contributed by atoms with van der Waals surface area (Å²) in [5.41, 5.74) is 0. The van der Waals surface area contributed by atoms with E-state index in [1.54, 1.807) is 7.11 Å². The summed E-state index contributed by atoms with van der Waals surface area (Å²) >= 11 is 0. The van der Waals surface area contributed by atoms with E-state index in [-0.39, 0.29) is 6.10 Å². The molecule has 0 spiro atoms. The van der Waals surface area contributed by atoms with Crippen LogP contribution in [0.2, 0.25) is 0 Å². The number of ether oxygens (including phenoxy) is 1. The van der Waals surface area contributed by atoms with Crippen molar-refractivity contribution in [3.63, 3.8) is 0 Å². The minimum Gasteiger partial charge on any atom is -0.382 e. The lowest BCUT2D eigenvalue weighted by Gasteiger charge is -2.24. The van der Waals surface area contributed by atoms with E-state index in [4.69, 9.17) is 4.74 Å². The van der Waals surface area contributed by atoms with E-state index in [2.05, 4.69) is 33.9 Å². The van der Waals surface area contributed by atoms with Gasteiger partial charge in [0.25, 0.3) is 0 Å². The molecule has 5 nitrogen and oxygen atoms in total. The summed E-state index contributed by atoms with van der Waals surface area (Å²) in [4.78, 5) is 0. The van der Waals surface area contributed by atoms with Gasteiger partial charge in [-0.25, -0.2) is 0 Å². The zero-order valence-electron chi connectivity index (χ0n) is 10.9. The number of nitrogens with one attached hydrogen (secondary N) is 1. The summed E-state index contributed by atoms with van der Waals surface area (Å²) in [5, 5.41) is 12.1. The number of hydrogen-bond donors (Lipinski definition) is 1. The van der Waals surface area contributed by atoms with Crippen molar-refractivity contribution >= 4 is 0 Å². The molecule has 0 amide bonds. The maximum Gasteiger partial charge on any atom is 0.150 e. The van der Waals surface area contributed by atoms with E-state index < -0.39 is 0 Å². The van der Waals surface area contributed by atoms with Crippen molar-refractivity contribution in [2.75, 3.05) is 13.7 Å². The van der Waals surface area contributed by atoms with Crippen molar-refractivity contribution in [1.29, 1.82) is 0 Å². The lowest BCUT2D eigenvalue weighted by Crippen LogP contribution is -2.34. The number of methoxy groups -OCH3 is 1. The summed E-state index contributed by atoms with van der Waals surface area (Å²) in [7, 11) is 1.75. The molecule has 2 atom stereocenters. The topological polar surface area (TPSA) is 52.0 Å². The highest BCUT2D eigenvalue weighted by Crippen LogP contribution is 2.20. The van der Waals surface area contributed by atoms with Gasteiger partial charge in [0.2, 0.25) is 0 Å².